The van der Waals surface area contributed by atoms with Gasteiger partial charge in [-0.05, 0) is 49.1 Å². The molecule has 36 heavy (non-hydrogen) atoms. The number of imidazole rings is 1. The van der Waals surface area contributed by atoms with Crippen molar-refractivity contribution in [2.75, 3.05) is 33.7 Å². The van der Waals surface area contributed by atoms with Gasteiger partial charge in [0, 0.05) is 33.2 Å². The van der Waals surface area contributed by atoms with E-state index in [-0.39, 0.29) is 17.6 Å². The Morgan fingerprint density at radius 3 is 2.03 bits per heavy atom. The molecule has 4 aromatic rings. The predicted molar refractivity (Wildman–Crippen MR) is 144 cm³/mol. The van der Waals surface area contributed by atoms with Crippen molar-refractivity contribution >= 4 is 16.9 Å². The van der Waals surface area contributed by atoms with Crippen LogP contribution in [0.3, 0.4) is 0 Å². The zero-order valence-electron chi connectivity index (χ0n) is 21.1. The van der Waals surface area contributed by atoms with Gasteiger partial charge in [0.25, 0.3) is 0 Å². The van der Waals surface area contributed by atoms with Gasteiger partial charge in [-0.25, -0.2) is 4.79 Å². The van der Waals surface area contributed by atoms with Crippen molar-refractivity contribution in [1.82, 2.24) is 19.4 Å². The van der Waals surface area contributed by atoms with E-state index in [1.165, 1.54) is 0 Å². The Morgan fingerprint density at radius 1 is 0.889 bits per heavy atom. The molecule has 6 heteroatoms. The number of H-pyrrole nitrogens is 1. The van der Waals surface area contributed by atoms with Gasteiger partial charge in [0.2, 0.25) is 5.91 Å². The first-order valence-electron chi connectivity index (χ1n) is 12.7. The number of carbonyl (C=O) groups excluding carboxylic acids is 1. The molecule has 3 aromatic carbocycles. The number of amides is 1. The normalized spacial score (nSPS) is 15.3. The first-order chi connectivity index (χ1) is 17.5. The van der Waals surface area contributed by atoms with Crippen LogP contribution >= 0.6 is 0 Å². The average molecular weight is 483 g/mol. The summed E-state index contributed by atoms with van der Waals surface area (Å²) in [5.41, 5.74) is 3.13. The average Bonchev–Trinajstić information content (AvgIpc) is 3.26. The van der Waals surface area contributed by atoms with Gasteiger partial charge in [0.1, 0.15) is 5.41 Å². The van der Waals surface area contributed by atoms with Gasteiger partial charge < -0.3 is 14.8 Å². The van der Waals surface area contributed by atoms with Crippen LogP contribution in [-0.4, -0.2) is 59.0 Å². The lowest BCUT2D eigenvalue weighted by molar-refractivity contribution is -0.133. The zero-order chi connectivity index (χ0) is 25.1. The minimum absolute atomic E-state index is 0.0293. The van der Waals surface area contributed by atoms with Crippen LogP contribution in [0, 0.1) is 0 Å². The third-order valence-corrected chi connectivity index (χ3v) is 7.65. The van der Waals surface area contributed by atoms with E-state index in [9.17, 15) is 9.59 Å². The number of carbonyl (C=O) groups is 1. The topological polar surface area (TPSA) is 61.3 Å². The second-order valence-electron chi connectivity index (χ2n) is 9.98. The number of aromatic nitrogens is 2. The van der Waals surface area contributed by atoms with E-state index in [1.54, 1.807) is 4.90 Å². The molecule has 0 unspecified atom stereocenters. The molecule has 1 amide bonds. The third-order valence-electron chi connectivity index (χ3n) is 7.65. The maximum atomic E-state index is 13.9. The monoisotopic (exact) mass is 482 g/mol. The molecule has 1 saturated heterocycles. The maximum absolute atomic E-state index is 13.9. The lowest BCUT2D eigenvalue weighted by atomic mass is 9.70. The van der Waals surface area contributed by atoms with Crippen LogP contribution < -0.4 is 5.69 Å². The van der Waals surface area contributed by atoms with Gasteiger partial charge in [-0.1, -0.05) is 72.8 Å². The molecule has 0 aliphatic carbocycles. The molecule has 0 atom stereocenters. The molecular weight excluding hydrogens is 448 g/mol. The van der Waals surface area contributed by atoms with Crippen LogP contribution in [-0.2, 0) is 10.2 Å². The number of para-hydroxylation sites is 2. The summed E-state index contributed by atoms with van der Waals surface area (Å²) in [6, 6.07) is 28.4. The van der Waals surface area contributed by atoms with Crippen molar-refractivity contribution in [1.29, 1.82) is 0 Å². The molecule has 1 N–H and O–H groups in total. The van der Waals surface area contributed by atoms with E-state index in [2.05, 4.69) is 34.1 Å². The zero-order valence-corrected chi connectivity index (χ0v) is 21.1. The number of nitrogens with one attached hydrogen (secondary N) is 1. The summed E-state index contributed by atoms with van der Waals surface area (Å²) in [5.74, 6) is 0.0973. The number of hydrogen-bond donors (Lipinski definition) is 1. The molecule has 0 bridgehead atoms. The quantitative estimate of drug-likeness (QED) is 0.424. The number of likely N-dealkylation sites (tertiary alicyclic amines) is 1. The SMILES string of the molecule is CN(C)C(=O)C(CCN1CCC(n2c(=O)[nH]c3ccccc32)CC1)(c1ccccc1)c1ccccc1. The van der Waals surface area contributed by atoms with Crippen LogP contribution in [0.5, 0.6) is 0 Å². The molecule has 2 heterocycles. The Labute approximate surface area is 212 Å². The van der Waals surface area contributed by atoms with E-state index in [0.29, 0.717) is 6.42 Å². The number of nitrogens with zero attached hydrogens (tertiary/aromatic N) is 3. The summed E-state index contributed by atoms with van der Waals surface area (Å²) in [6.07, 6.45) is 2.51. The number of piperidine rings is 1. The van der Waals surface area contributed by atoms with Crippen molar-refractivity contribution in [3.8, 4) is 0 Å². The number of likely N-dealkylation sites (N-methyl/N-ethyl adjacent to an activating group) is 1. The fourth-order valence-corrected chi connectivity index (χ4v) is 5.80. The fraction of sp³-hybridized carbons (Fsp3) is 0.333. The Balaban J connectivity index is 1.38. The first kappa shape index (κ1) is 24.1. The van der Waals surface area contributed by atoms with Gasteiger partial charge in [-0.3, -0.25) is 9.36 Å². The molecule has 1 aliphatic rings. The number of hydrogen-bond acceptors (Lipinski definition) is 3. The summed E-state index contributed by atoms with van der Waals surface area (Å²) in [4.78, 5) is 33.7. The van der Waals surface area contributed by atoms with Gasteiger partial charge in [0.15, 0.2) is 0 Å². The molecule has 0 saturated carbocycles. The van der Waals surface area contributed by atoms with Gasteiger partial charge in [-0.15, -0.1) is 0 Å². The molecule has 186 valence electrons. The van der Waals surface area contributed by atoms with Crippen LogP contribution in [0.4, 0.5) is 0 Å². The summed E-state index contributed by atoms with van der Waals surface area (Å²) in [5, 5.41) is 0. The van der Waals surface area contributed by atoms with E-state index < -0.39 is 5.41 Å². The van der Waals surface area contributed by atoms with Crippen LogP contribution in [0.15, 0.2) is 89.7 Å². The molecule has 0 radical (unpaired) electrons. The van der Waals surface area contributed by atoms with Crippen molar-refractivity contribution < 1.29 is 4.79 Å². The second kappa shape index (κ2) is 10.2. The van der Waals surface area contributed by atoms with Crippen LogP contribution in [0.2, 0.25) is 0 Å². The van der Waals surface area contributed by atoms with Crippen molar-refractivity contribution in [2.24, 2.45) is 0 Å². The Kier molecular flexibility index (Phi) is 6.79. The Hall–Kier alpha value is -3.64. The lowest BCUT2D eigenvalue weighted by Gasteiger charge is -2.39. The highest BCUT2D eigenvalue weighted by Crippen LogP contribution is 2.38. The number of fused-ring (bicyclic) bond motifs is 1. The highest BCUT2D eigenvalue weighted by molar-refractivity contribution is 5.92. The summed E-state index contributed by atoms with van der Waals surface area (Å²) < 4.78 is 1.93. The molecule has 6 nitrogen and oxygen atoms in total. The molecular formula is C30H34N4O2. The van der Waals surface area contributed by atoms with E-state index in [0.717, 1.165) is 54.6 Å². The first-order valence-corrected chi connectivity index (χ1v) is 12.7. The highest BCUT2D eigenvalue weighted by atomic mass is 16.2. The van der Waals surface area contributed by atoms with Crippen molar-refractivity contribution in [3.63, 3.8) is 0 Å². The summed E-state index contributed by atoms with van der Waals surface area (Å²) in [6.45, 7) is 2.59. The molecule has 5 rings (SSSR count). The van der Waals surface area contributed by atoms with E-state index in [4.69, 9.17) is 0 Å². The standard InChI is InChI=1S/C30H34N4O2/c1-32(2)28(35)30(23-11-5-3-6-12-23,24-13-7-4-8-14-24)19-22-33-20-17-25(18-21-33)34-27-16-10-9-15-26(27)31-29(34)36/h3-16,25H,17-22H2,1-2H3,(H,31,36). The Morgan fingerprint density at radius 2 is 1.44 bits per heavy atom. The smallest absolute Gasteiger partial charge is 0.326 e. The van der Waals surface area contributed by atoms with Gasteiger partial charge in [-0.2, -0.15) is 0 Å². The molecule has 1 aliphatic heterocycles. The molecule has 1 fully saturated rings. The van der Waals surface area contributed by atoms with E-state index >= 15 is 0 Å². The van der Waals surface area contributed by atoms with Crippen LogP contribution in [0.25, 0.3) is 11.0 Å². The van der Waals surface area contributed by atoms with Crippen molar-refractivity contribution in [2.45, 2.75) is 30.7 Å². The van der Waals surface area contributed by atoms with E-state index in [1.807, 2.05) is 79.3 Å². The number of rotatable bonds is 7. The van der Waals surface area contributed by atoms with Crippen LogP contribution in [0.1, 0.15) is 36.4 Å². The largest absolute Gasteiger partial charge is 0.348 e. The maximum Gasteiger partial charge on any atom is 0.326 e. The molecule has 0 spiro atoms. The summed E-state index contributed by atoms with van der Waals surface area (Å²) >= 11 is 0. The third kappa shape index (κ3) is 4.37. The Bertz CT molecular complexity index is 1330. The fourth-order valence-electron chi connectivity index (χ4n) is 5.80. The van der Waals surface area contributed by atoms with Crippen molar-refractivity contribution in [3.05, 3.63) is 107 Å². The number of aromatic amines is 1. The van der Waals surface area contributed by atoms with Gasteiger partial charge >= 0.3 is 5.69 Å². The predicted octanol–water partition coefficient (Wildman–Crippen LogP) is 4.43. The minimum atomic E-state index is -0.753. The number of benzene rings is 3. The minimum Gasteiger partial charge on any atom is -0.348 e. The lowest BCUT2D eigenvalue weighted by Crippen LogP contribution is -2.47. The summed E-state index contributed by atoms with van der Waals surface area (Å²) in [7, 11) is 3.68. The molecule has 1 aromatic heterocycles. The highest BCUT2D eigenvalue weighted by Gasteiger charge is 2.43. The van der Waals surface area contributed by atoms with Gasteiger partial charge in [0.05, 0.1) is 11.0 Å². The second-order valence-corrected chi connectivity index (χ2v) is 9.98.